The van der Waals surface area contributed by atoms with Crippen LogP contribution in [-0.4, -0.2) is 24.9 Å². The lowest BCUT2D eigenvalue weighted by atomic mass is 10.1. The molecule has 20 heavy (non-hydrogen) atoms. The molecular formula is C14H12N4O2. The fourth-order valence-corrected chi connectivity index (χ4v) is 2.00. The fourth-order valence-electron chi connectivity index (χ4n) is 2.00. The summed E-state index contributed by atoms with van der Waals surface area (Å²) in [6, 6.07) is 9.01. The van der Waals surface area contributed by atoms with E-state index in [-0.39, 0.29) is 24.4 Å². The average Bonchev–Trinajstić information content (AvgIpc) is 2.83. The molecule has 0 bridgehead atoms. The van der Waals surface area contributed by atoms with Gasteiger partial charge in [-0.05, 0) is 0 Å². The Bertz CT molecular complexity index is 805. The Balaban J connectivity index is 1.79. The lowest BCUT2D eigenvalue weighted by Gasteiger charge is -2.00. The largest absolute Gasteiger partial charge is 0.350 e. The minimum atomic E-state index is -0.261. The highest BCUT2D eigenvalue weighted by Gasteiger charge is 2.09. The molecule has 0 N–H and O–H groups in total. The summed E-state index contributed by atoms with van der Waals surface area (Å²) >= 11 is 0. The van der Waals surface area contributed by atoms with Crippen molar-refractivity contribution >= 4 is 11.4 Å². The number of carbonyl (C=O) groups excluding carboxylic acids is 1. The standard InChI is InChI=1S/C14H12N4O2/c19-12(11-4-2-1-3-5-11)6-8-18-14(20)17-9-7-15-10-13(17)16-18/h1-5,7,9-10H,6,8H2. The lowest BCUT2D eigenvalue weighted by Crippen LogP contribution is -2.22. The van der Waals surface area contributed by atoms with Crippen LogP contribution in [-0.2, 0) is 6.54 Å². The number of aryl methyl sites for hydroxylation is 1. The molecule has 0 spiro atoms. The van der Waals surface area contributed by atoms with Gasteiger partial charge in [-0.3, -0.25) is 9.78 Å². The molecule has 3 aromatic rings. The van der Waals surface area contributed by atoms with E-state index < -0.39 is 0 Å². The molecule has 0 atom stereocenters. The summed E-state index contributed by atoms with van der Waals surface area (Å²) in [7, 11) is 0. The van der Waals surface area contributed by atoms with Crippen molar-refractivity contribution < 1.29 is 4.79 Å². The van der Waals surface area contributed by atoms with E-state index in [1.165, 1.54) is 21.5 Å². The maximum Gasteiger partial charge on any atom is 0.350 e. The van der Waals surface area contributed by atoms with Gasteiger partial charge in [-0.25, -0.2) is 13.9 Å². The van der Waals surface area contributed by atoms with Gasteiger partial charge in [-0.1, -0.05) is 30.3 Å². The highest BCUT2D eigenvalue weighted by molar-refractivity contribution is 5.95. The van der Waals surface area contributed by atoms with Gasteiger partial charge in [0.05, 0.1) is 12.7 Å². The van der Waals surface area contributed by atoms with Gasteiger partial charge in [-0.15, -0.1) is 5.10 Å². The fraction of sp³-hybridized carbons (Fsp3) is 0.143. The van der Waals surface area contributed by atoms with E-state index in [2.05, 4.69) is 10.1 Å². The molecule has 2 aromatic heterocycles. The number of hydrogen-bond donors (Lipinski definition) is 0. The van der Waals surface area contributed by atoms with Crippen LogP contribution < -0.4 is 5.69 Å². The Kier molecular flexibility index (Phi) is 3.12. The molecule has 1 aromatic carbocycles. The summed E-state index contributed by atoms with van der Waals surface area (Å²) in [6.07, 6.45) is 4.83. The summed E-state index contributed by atoms with van der Waals surface area (Å²) < 4.78 is 2.69. The predicted molar refractivity (Wildman–Crippen MR) is 72.6 cm³/mol. The number of rotatable bonds is 4. The molecule has 0 saturated carbocycles. The van der Waals surface area contributed by atoms with Crippen molar-refractivity contribution in [3.05, 3.63) is 65.0 Å². The number of Topliss-reactive ketones (excluding diaryl/α,β-unsaturated/α-hetero) is 1. The van der Waals surface area contributed by atoms with E-state index in [0.717, 1.165) is 0 Å². The zero-order valence-corrected chi connectivity index (χ0v) is 10.6. The molecular weight excluding hydrogens is 256 g/mol. The molecule has 0 aliphatic carbocycles. The Morgan fingerprint density at radius 3 is 2.75 bits per heavy atom. The van der Waals surface area contributed by atoms with E-state index in [4.69, 9.17) is 0 Å². The van der Waals surface area contributed by atoms with Gasteiger partial charge in [0.2, 0.25) is 0 Å². The normalized spacial score (nSPS) is 10.8. The third-order valence-corrected chi connectivity index (χ3v) is 3.04. The Morgan fingerprint density at radius 1 is 1.20 bits per heavy atom. The van der Waals surface area contributed by atoms with Gasteiger partial charge in [0.15, 0.2) is 11.4 Å². The molecule has 0 aliphatic heterocycles. The molecule has 2 heterocycles. The molecule has 0 saturated heterocycles. The highest BCUT2D eigenvalue weighted by atomic mass is 16.2. The number of ketones is 1. The minimum Gasteiger partial charge on any atom is -0.294 e. The summed E-state index contributed by atoms with van der Waals surface area (Å²) in [5.74, 6) is -0.00678. The first-order valence-corrected chi connectivity index (χ1v) is 6.23. The SMILES string of the molecule is O=C(CCn1nc2cnccn2c1=O)c1ccccc1. The van der Waals surface area contributed by atoms with Crippen LogP contribution >= 0.6 is 0 Å². The topological polar surface area (TPSA) is 69.3 Å². The van der Waals surface area contributed by atoms with Crippen molar-refractivity contribution in [2.75, 3.05) is 0 Å². The van der Waals surface area contributed by atoms with Gasteiger partial charge < -0.3 is 0 Å². The molecule has 0 aliphatic rings. The number of fused-ring (bicyclic) bond motifs is 1. The summed E-state index contributed by atoms with van der Waals surface area (Å²) in [4.78, 5) is 27.9. The second kappa shape index (κ2) is 5.08. The van der Waals surface area contributed by atoms with E-state index in [1.54, 1.807) is 18.3 Å². The molecule has 0 unspecified atom stereocenters. The van der Waals surface area contributed by atoms with E-state index in [1.807, 2.05) is 18.2 Å². The smallest absolute Gasteiger partial charge is 0.294 e. The van der Waals surface area contributed by atoms with Gasteiger partial charge in [0, 0.05) is 24.4 Å². The van der Waals surface area contributed by atoms with Crippen LogP contribution in [0.4, 0.5) is 0 Å². The van der Waals surface area contributed by atoms with Crippen LogP contribution in [0.5, 0.6) is 0 Å². The van der Waals surface area contributed by atoms with Crippen molar-refractivity contribution in [3.8, 4) is 0 Å². The lowest BCUT2D eigenvalue weighted by molar-refractivity contribution is 0.0975. The minimum absolute atomic E-state index is 0.00678. The number of hydrogen-bond acceptors (Lipinski definition) is 4. The Hall–Kier alpha value is -2.76. The van der Waals surface area contributed by atoms with Gasteiger partial charge in [-0.2, -0.15) is 0 Å². The van der Waals surface area contributed by atoms with E-state index in [9.17, 15) is 9.59 Å². The molecule has 0 radical (unpaired) electrons. The summed E-state index contributed by atoms with van der Waals surface area (Å²) in [6.45, 7) is 0.258. The predicted octanol–water partition coefficient (Wildman–Crippen LogP) is 1.16. The number of carbonyl (C=O) groups is 1. The van der Waals surface area contributed by atoms with E-state index >= 15 is 0 Å². The van der Waals surface area contributed by atoms with Crippen LogP contribution in [0, 0.1) is 0 Å². The second-order valence-corrected chi connectivity index (χ2v) is 4.35. The highest BCUT2D eigenvalue weighted by Crippen LogP contribution is 2.03. The first-order chi connectivity index (χ1) is 9.75. The molecule has 100 valence electrons. The zero-order chi connectivity index (χ0) is 13.9. The number of nitrogens with zero attached hydrogens (tertiary/aromatic N) is 4. The Morgan fingerprint density at radius 2 is 2.00 bits per heavy atom. The summed E-state index contributed by atoms with van der Waals surface area (Å²) in [5.41, 5.74) is 0.860. The van der Waals surface area contributed by atoms with Gasteiger partial charge in [0.25, 0.3) is 0 Å². The second-order valence-electron chi connectivity index (χ2n) is 4.35. The van der Waals surface area contributed by atoms with Crippen molar-refractivity contribution in [2.24, 2.45) is 0 Å². The van der Waals surface area contributed by atoms with Crippen molar-refractivity contribution in [2.45, 2.75) is 13.0 Å². The van der Waals surface area contributed by atoms with Gasteiger partial charge >= 0.3 is 5.69 Å². The monoisotopic (exact) mass is 268 g/mol. The molecule has 6 heteroatoms. The molecule has 0 amide bonds. The maximum absolute atomic E-state index is 12.0. The first-order valence-electron chi connectivity index (χ1n) is 6.23. The van der Waals surface area contributed by atoms with Crippen LogP contribution in [0.2, 0.25) is 0 Å². The third-order valence-electron chi connectivity index (χ3n) is 3.04. The molecule has 0 fully saturated rings. The van der Waals surface area contributed by atoms with Crippen molar-refractivity contribution in [1.29, 1.82) is 0 Å². The van der Waals surface area contributed by atoms with E-state index in [0.29, 0.717) is 11.2 Å². The average molecular weight is 268 g/mol. The molecule has 3 rings (SSSR count). The van der Waals surface area contributed by atoms with Crippen LogP contribution in [0.15, 0.2) is 53.7 Å². The van der Waals surface area contributed by atoms with Crippen molar-refractivity contribution in [1.82, 2.24) is 19.2 Å². The van der Waals surface area contributed by atoms with Crippen LogP contribution in [0.25, 0.3) is 5.65 Å². The van der Waals surface area contributed by atoms with Crippen LogP contribution in [0.1, 0.15) is 16.8 Å². The summed E-state index contributed by atoms with van der Waals surface area (Å²) in [5, 5.41) is 4.13. The zero-order valence-electron chi connectivity index (χ0n) is 10.6. The van der Waals surface area contributed by atoms with Gasteiger partial charge in [0.1, 0.15) is 0 Å². The Labute approximate surface area is 114 Å². The number of aromatic nitrogens is 4. The first kappa shape index (κ1) is 12.3. The molecule has 6 nitrogen and oxygen atoms in total. The number of benzene rings is 1. The maximum atomic E-state index is 12.0. The van der Waals surface area contributed by atoms with Crippen LogP contribution in [0.3, 0.4) is 0 Å². The third kappa shape index (κ3) is 2.23. The van der Waals surface area contributed by atoms with Crippen molar-refractivity contribution in [3.63, 3.8) is 0 Å². The quantitative estimate of drug-likeness (QED) is 0.666.